The number of carbonyl (C=O) groups is 2. The zero-order valence-corrected chi connectivity index (χ0v) is 16.7. The Labute approximate surface area is 169 Å². The maximum Gasteiger partial charge on any atom is 0.407 e. The molecule has 0 bridgehead atoms. The maximum absolute atomic E-state index is 12.3. The van der Waals surface area contributed by atoms with Crippen molar-refractivity contribution in [3.05, 3.63) is 41.7 Å². The fourth-order valence-corrected chi connectivity index (χ4v) is 2.42. The molecule has 0 saturated heterocycles. The first-order chi connectivity index (χ1) is 13.6. The Morgan fingerprint density at radius 1 is 1.07 bits per heavy atom. The highest BCUT2D eigenvalue weighted by molar-refractivity contribution is 5.73. The minimum Gasteiger partial charge on any atom is -0.461 e. The molecule has 5 N–H and O–H groups in total. The number of rotatable bonds is 7. The molecule has 1 unspecified atom stereocenters. The van der Waals surface area contributed by atoms with Gasteiger partial charge in [0.1, 0.15) is 18.0 Å². The Morgan fingerprint density at radius 3 is 2.28 bits per heavy atom. The van der Waals surface area contributed by atoms with Crippen LogP contribution >= 0.6 is 0 Å². The molecule has 0 aliphatic rings. The van der Waals surface area contributed by atoms with Crippen LogP contribution in [0, 0.1) is 0 Å². The van der Waals surface area contributed by atoms with Crippen molar-refractivity contribution in [3.63, 3.8) is 0 Å². The molecule has 10 heteroatoms. The molecule has 0 fully saturated rings. The van der Waals surface area contributed by atoms with E-state index in [-0.39, 0.29) is 37.2 Å². The summed E-state index contributed by atoms with van der Waals surface area (Å²) in [5.74, 6) is -0.345. The molecule has 0 spiro atoms. The number of amides is 1. The van der Waals surface area contributed by atoms with E-state index >= 15 is 0 Å². The number of hydrogen-bond acceptors (Lipinski definition) is 9. The third-order valence-corrected chi connectivity index (χ3v) is 3.52. The molecule has 156 valence electrons. The van der Waals surface area contributed by atoms with Gasteiger partial charge in [-0.2, -0.15) is 15.0 Å². The summed E-state index contributed by atoms with van der Waals surface area (Å²) in [5.41, 5.74) is 11.3. The molecule has 1 aromatic heterocycles. The highest BCUT2D eigenvalue weighted by atomic mass is 16.6. The monoisotopic (exact) mass is 402 g/mol. The van der Waals surface area contributed by atoms with Crippen molar-refractivity contribution in [3.8, 4) is 0 Å². The SMILES string of the molecule is CC(C)(C)OC(=O)NC(CC(=O)OCc1ccccc1)Cc1nc(N)nc(N)n1. The quantitative estimate of drug-likeness (QED) is 0.585. The van der Waals surface area contributed by atoms with Crippen LogP contribution in [0.25, 0.3) is 0 Å². The predicted octanol–water partition coefficient (Wildman–Crippen LogP) is 1.61. The number of carbonyl (C=O) groups excluding carboxylic acids is 2. The van der Waals surface area contributed by atoms with Crippen LogP contribution in [0.4, 0.5) is 16.7 Å². The normalized spacial score (nSPS) is 12.1. The summed E-state index contributed by atoms with van der Waals surface area (Å²) in [6.07, 6.45) is -0.692. The van der Waals surface area contributed by atoms with Crippen molar-refractivity contribution < 1.29 is 19.1 Å². The summed E-state index contributed by atoms with van der Waals surface area (Å²) < 4.78 is 10.6. The molecule has 1 amide bonds. The van der Waals surface area contributed by atoms with Crippen LogP contribution in [-0.4, -0.2) is 38.7 Å². The van der Waals surface area contributed by atoms with Crippen molar-refractivity contribution >= 4 is 24.0 Å². The Kier molecular flexibility index (Phi) is 7.29. The lowest BCUT2D eigenvalue weighted by Crippen LogP contribution is -2.42. The average Bonchev–Trinajstić information content (AvgIpc) is 2.58. The minimum absolute atomic E-state index is 0.0461. The van der Waals surface area contributed by atoms with E-state index in [1.165, 1.54) is 0 Å². The molecule has 2 rings (SSSR count). The summed E-state index contributed by atoms with van der Waals surface area (Å²) in [4.78, 5) is 36.1. The maximum atomic E-state index is 12.3. The number of benzene rings is 1. The van der Waals surface area contributed by atoms with Gasteiger partial charge in [-0.05, 0) is 26.3 Å². The molecule has 29 heavy (non-hydrogen) atoms. The summed E-state index contributed by atoms with van der Waals surface area (Å²) in [6.45, 7) is 5.35. The highest BCUT2D eigenvalue weighted by Crippen LogP contribution is 2.11. The first-order valence-electron chi connectivity index (χ1n) is 9.05. The first-order valence-corrected chi connectivity index (χ1v) is 9.05. The van der Waals surface area contributed by atoms with E-state index in [1.54, 1.807) is 20.8 Å². The van der Waals surface area contributed by atoms with Crippen LogP contribution < -0.4 is 16.8 Å². The van der Waals surface area contributed by atoms with Crippen molar-refractivity contribution in [1.82, 2.24) is 20.3 Å². The van der Waals surface area contributed by atoms with Crippen LogP contribution in [-0.2, 0) is 27.3 Å². The van der Waals surface area contributed by atoms with Crippen LogP contribution in [0.1, 0.15) is 38.6 Å². The first kappa shape index (κ1) is 21.9. The number of nitrogens with zero attached hydrogens (tertiary/aromatic N) is 3. The molecule has 10 nitrogen and oxygen atoms in total. The second-order valence-electron chi connectivity index (χ2n) is 7.37. The van der Waals surface area contributed by atoms with Gasteiger partial charge >= 0.3 is 12.1 Å². The van der Waals surface area contributed by atoms with Gasteiger partial charge < -0.3 is 26.3 Å². The Morgan fingerprint density at radius 2 is 1.69 bits per heavy atom. The fraction of sp³-hybridized carbons (Fsp3) is 0.421. The zero-order valence-electron chi connectivity index (χ0n) is 16.7. The van der Waals surface area contributed by atoms with Gasteiger partial charge in [0.25, 0.3) is 0 Å². The van der Waals surface area contributed by atoms with Gasteiger partial charge in [-0.3, -0.25) is 4.79 Å². The molecule has 0 saturated carbocycles. The number of esters is 1. The average molecular weight is 402 g/mol. The van der Waals surface area contributed by atoms with Crippen molar-refractivity contribution in [1.29, 1.82) is 0 Å². The van der Waals surface area contributed by atoms with E-state index in [4.69, 9.17) is 20.9 Å². The molecule has 0 radical (unpaired) electrons. The lowest BCUT2D eigenvalue weighted by atomic mass is 10.1. The number of nitrogens with two attached hydrogens (primary N) is 2. The predicted molar refractivity (Wildman–Crippen MR) is 106 cm³/mol. The molecule has 0 aliphatic heterocycles. The summed E-state index contributed by atoms with van der Waals surface area (Å²) in [6, 6.07) is 8.59. The molecule has 1 atom stereocenters. The largest absolute Gasteiger partial charge is 0.461 e. The van der Waals surface area contributed by atoms with Crippen LogP contribution in [0.3, 0.4) is 0 Å². The molecule has 1 heterocycles. The summed E-state index contributed by atoms with van der Waals surface area (Å²) in [5, 5.41) is 2.65. The molecule has 2 aromatic rings. The summed E-state index contributed by atoms with van der Waals surface area (Å²) >= 11 is 0. The van der Waals surface area contributed by atoms with Gasteiger partial charge in [0.2, 0.25) is 11.9 Å². The molecular formula is C19H26N6O4. The van der Waals surface area contributed by atoms with E-state index in [0.717, 1.165) is 5.56 Å². The number of alkyl carbamates (subject to hydrolysis) is 1. The van der Waals surface area contributed by atoms with Crippen molar-refractivity contribution in [2.75, 3.05) is 11.5 Å². The number of anilines is 2. The third-order valence-electron chi connectivity index (χ3n) is 3.52. The molecule has 1 aromatic carbocycles. The fourth-order valence-electron chi connectivity index (χ4n) is 2.42. The lowest BCUT2D eigenvalue weighted by molar-refractivity contribution is -0.145. The van der Waals surface area contributed by atoms with E-state index in [9.17, 15) is 9.59 Å². The number of nitrogen functional groups attached to an aromatic ring is 2. The second-order valence-corrected chi connectivity index (χ2v) is 7.37. The van der Waals surface area contributed by atoms with Crippen LogP contribution in [0.5, 0.6) is 0 Å². The summed E-state index contributed by atoms with van der Waals surface area (Å²) in [7, 11) is 0. The van der Waals surface area contributed by atoms with Crippen molar-refractivity contribution in [2.24, 2.45) is 0 Å². The standard InChI is InChI=1S/C19H26N6O4/c1-19(2,3)29-18(27)22-13(9-14-23-16(20)25-17(21)24-14)10-15(26)28-11-12-7-5-4-6-8-12/h4-8,13H,9-11H2,1-3H3,(H,22,27)(H4,20,21,23,24,25). The van der Waals surface area contributed by atoms with Crippen LogP contribution in [0.15, 0.2) is 30.3 Å². The lowest BCUT2D eigenvalue weighted by Gasteiger charge is -2.23. The van der Waals surface area contributed by atoms with Gasteiger partial charge in [0.15, 0.2) is 0 Å². The van der Waals surface area contributed by atoms with Crippen molar-refractivity contribution in [2.45, 2.75) is 51.9 Å². The van der Waals surface area contributed by atoms with E-state index in [1.807, 2.05) is 30.3 Å². The van der Waals surface area contributed by atoms with E-state index < -0.39 is 23.7 Å². The highest BCUT2D eigenvalue weighted by Gasteiger charge is 2.23. The van der Waals surface area contributed by atoms with E-state index in [0.29, 0.717) is 0 Å². The zero-order chi connectivity index (χ0) is 21.4. The Hall–Kier alpha value is -3.43. The molecule has 0 aliphatic carbocycles. The van der Waals surface area contributed by atoms with Crippen LogP contribution in [0.2, 0.25) is 0 Å². The number of ether oxygens (including phenoxy) is 2. The third kappa shape index (κ3) is 8.41. The topological polar surface area (TPSA) is 155 Å². The van der Waals surface area contributed by atoms with E-state index in [2.05, 4.69) is 20.3 Å². The van der Waals surface area contributed by atoms with Gasteiger partial charge in [0, 0.05) is 12.5 Å². The smallest absolute Gasteiger partial charge is 0.407 e. The number of aromatic nitrogens is 3. The van der Waals surface area contributed by atoms with Gasteiger partial charge in [-0.25, -0.2) is 4.79 Å². The Bertz CT molecular complexity index is 818. The van der Waals surface area contributed by atoms with Gasteiger partial charge in [-0.1, -0.05) is 30.3 Å². The number of hydrogen-bond donors (Lipinski definition) is 3. The molecular weight excluding hydrogens is 376 g/mol. The Balaban J connectivity index is 2.04. The second kappa shape index (κ2) is 9.67. The number of nitrogens with one attached hydrogen (secondary N) is 1. The minimum atomic E-state index is -0.690. The van der Waals surface area contributed by atoms with Gasteiger partial charge in [0.05, 0.1) is 6.42 Å². The van der Waals surface area contributed by atoms with Gasteiger partial charge in [-0.15, -0.1) is 0 Å².